The van der Waals surface area contributed by atoms with Crippen LogP contribution in [0.2, 0.25) is 0 Å². The van der Waals surface area contributed by atoms with E-state index in [4.69, 9.17) is 4.74 Å². The van der Waals surface area contributed by atoms with Crippen LogP contribution in [-0.2, 0) is 25.6 Å². The van der Waals surface area contributed by atoms with Gasteiger partial charge in [0.2, 0.25) is 29.1 Å². The van der Waals surface area contributed by atoms with E-state index in [0.717, 1.165) is 17.8 Å². The molecule has 0 aliphatic carbocycles. The number of ether oxygens (including phenoxy) is 1. The highest BCUT2D eigenvalue weighted by molar-refractivity contribution is 5.88. The van der Waals surface area contributed by atoms with Gasteiger partial charge in [0, 0.05) is 23.5 Å². The van der Waals surface area contributed by atoms with Crippen molar-refractivity contribution < 1.29 is 50.8 Å². The van der Waals surface area contributed by atoms with Gasteiger partial charge >= 0.3 is 18.0 Å². The third kappa shape index (κ3) is 6.94. The maximum absolute atomic E-state index is 13.7. The molecular weight excluding hydrogens is 533 g/mol. The summed E-state index contributed by atoms with van der Waals surface area (Å²) in [6, 6.07) is 3.44. The molecule has 14 heteroatoms. The number of hydrogen-bond donors (Lipinski definition) is 3. The number of halogens is 5. The van der Waals surface area contributed by atoms with Crippen molar-refractivity contribution in [1.29, 1.82) is 0 Å². The SMILES string of the molecule is C[C@H](NC(=O)N[C@@H](Cc1c[nH]c2ccccc12)C(=O)OC(C)(C)C)C(=O)OOc1c(F)c(F)c(F)c(F)c1F. The zero-order chi connectivity index (χ0) is 29.1. The summed E-state index contributed by atoms with van der Waals surface area (Å²) in [6.07, 6.45) is 1.67. The van der Waals surface area contributed by atoms with E-state index in [2.05, 4.69) is 25.4 Å². The lowest BCUT2D eigenvalue weighted by Gasteiger charge is -2.25. The molecule has 0 bridgehead atoms. The van der Waals surface area contributed by atoms with Gasteiger partial charge in [-0.1, -0.05) is 18.2 Å². The predicted molar refractivity (Wildman–Crippen MR) is 126 cm³/mol. The van der Waals surface area contributed by atoms with E-state index >= 15 is 0 Å². The zero-order valence-corrected chi connectivity index (χ0v) is 21.1. The molecule has 0 saturated heterocycles. The van der Waals surface area contributed by atoms with Crippen LogP contribution in [0.1, 0.15) is 33.3 Å². The van der Waals surface area contributed by atoms with Crippen LogP contribution in [0, 0.1) is 29.1 Å². The van der Waals surface area contributed by atoms with Gasteiger partial charge in [-0.3, -0.25) is 4.89 Å². The second kappa shape index (κ2) is 11.6. The molecule has 2 aromatic carbocycles. The number of aromatic nitrogens is 1. The number of para-hydroxylation sites is 1. The van der Waals surface area contributed by atoms with Gasteiger partial charge in [0.15, 0.2) is 0 Å². The van der Waals surface area contributed by atoms with Crippen LogP contribution in [0.15, 0.2) is 30.5 Å². The third-order valence-electron chi connectivity index (χ3n) is 5.17. The summed E-state index contributed by atoms with van der Waals surface area (Å²) in [5, 5.41) is 5.32. The number of benzene rings is 2. The number of hydrogen-bond acceptors (Lipinski definition) is 6. The number of H-pyrrole nitrogens is 1. The molecule has 9 nitrogen and oxygen atoms in total. The van der Waals surface area contributed by atoms with Crippen LogP contribution in [-0.4, -0.2) is 40.6 Å². The van der Waals surface area contributed by atoms with E-state index in [0.29, 0.717) is 5.56 Å². The summed E-state index contributed by atoms with van der Waals surface area (Å²) in [5.74, 6) is -15.9. The number of rotatable bonds is 8. The molecule has 0 saturated carbocycles. The largest absolute Gasteiger partial charge is 0.458 e. The number of nitrogens with one attached hydrogen (secondary N) is 3. The Bertz CT molecular complexity index is 1380. The second-order valence-electron chi connectivity index (χ2n) is 9.37. The zero-order valence-electron chi connectivity index (χ0n) is 21.1. The van der Waals surface area contributed by atoms with Crippen molar-refractivity contribution in [3.8, 4) is 5.75 Å². The van der Waals surface area contributed by atoms with Crippen molar-refractivity contribution in [2.75, 3.05) is 0 Å². The van der Waals surface area contributed by atoms with Crippen LogP contribution in [0.5, 0.6) is 5.75 Å². The third-order valence-corrected chi connectivity index (χ3v) is 5.17. The number of aromatic amines is 1. The Kier molecular flexibility index (Phi) is 8.67. The fourth-order valence-electron chi connectivity index (χ4n) is 3.35. The van der Waals surface area contributed by atoms with Crippen molar-refractivity contribution in [2.45, 2.75) is 51.8 Å². The summed E-state index contributed by atoms with van der Waals surface area (Å²) in [5.41, 5.74) is 0.599. The summed E-state index contributed by atoms with van der Waals surface area (Å²) < 4.78 is 72.5. The smallest absolute Gasteiger partial charge is 0.377 e. The van der Waals surface area contributed by atoms with E-state index < -0.39 is 70.5 Å². The number of carbonyl (C=O) groups excluding carboxylic acids is 3. The highest BCUT2D eigenvalue weighted by atomic mass is 19.2. The summed E-state index contributed by atoms with van der Waals surface area (Å²) in [7, 11) is 0. The van der Waals surface area contributed by atoms with Gasteiger partial charge in [-0.05, 0) is 39.3 Å². The van der Waals surface area contributed by atoms with Crippen LogP contribution < -0.4 is 15.5 Å². The molecule has 1 heterocycles. The Morgan fingerprint density at radius 3 is 2.10 bits per heavy atom. The van der Waals surface area contributed by atoms with Crippen molar-refractivity contribution in [3.63, 3.8) is 0 Å². The Morgan fingerprint density at radius 1 is 0.897 bits per heavy atom. The number of fused-ring (bicyclic) bond motifs is 1. The molecule has 0 spiro atoms. The fourth-order valence-corrected chi connectivity index (χ4v) is 3.35. The lowest BCUT2D eigenvalue weighted by molar-refractivity contribution is -0.217. The Labute approximate surface area is 218 Å². The molecule has 1 aromatic heterocycles. The normalized spacial score (nSPS) is 12.9. The van der Waals surface area contributed by atoms with Crippen molar-refractivity contribution in [1.82, 2.24) is 15.6 Å². The lowest BCUT2D eigenvalue weighted by Crippen LogP contribution is -2.52. The van der Waals surface area contributed by atoms with E-state index in [1.54, 1.807) is 33.0 Å². The molecule has 0 aliphatic heterocycles. The minimum absolute atomic E-state index is 0.00847. The van der Waals surface area contributed by atoms with Crippen LogP contribution in [0.25, 0.3) is 10.9 Å². The first-order valence-electron chi connectivity index (χ1n) is 11.4. The first-order valence-corrected chi connectivity index (χ1v) is 11.4. The molecule has 2 amide bonds. The Hall–Kier alpha value is -4.36. The van der Waals surface area contributed by atoms with Crippen molar-refractivity contribution in [2.24, 2.45) is 0 Å². The molecular formula is C25H24F5N3O6. The highest BCUT2D eigenvalue weighted by Gasteiger charge is 2.31. The fraction of sp³-hybridized carbons (Fsp3) is 0.320. The van der Waals surface area contributed by atoms with Gasteiger partial charge in [0.1, 0.15) is 17.7 Å². The van der Waals surface area contributed by atoms with E-state index in [1.807, 2.05) is 18.2 Å². The number of urea groups is 1. The van der Waals surface area contributed by atoms with E-state index in [1.165, 1.54) is 0 Å². The maximum Gasteiger partial charge on any atom is 0.377 e. The number of amides is 2. The summed E-state index contributed by atoms with van der Waals surface area (Å²) >= 11 is 0. The Morgan fingerprint density at radius 2 is 1.49 bits per heavy atom. The van der Waals surface area contributed by atoms with Crippen molar-refractivity contribution >= 4 is 28.9 Å². The van der Waals surface area contributed by atoms with E-state index in [-0.39, 0.29) is 6.42 Å². The average molecular weight is 557 g/mol. The molecule has 39 heavy (non-hydrogen) atoms. The second-order valence-corrected chi connectivity index (χ2v) is 9.37. The standard InChI is InChI=1S/C25H24F5N3O6/c1-11(22(34)39-38-21-19(29)17(27)16(26)18(28)20(21)30)32-24(36)33-15(23(35)37-25(2,3)4)9-12-10-31-14-8-6-5-7-13(12)14/h5-8,10-11,15,31H,9H2,1-4H3,(H2,32,33,36)/t11-,15-/m0/s1. The van der Waals surface area contributed by atoms with E-state index in [9.17, 15) is 36.3 Å². The van der Waals surface area contributed by atoms with Gasteiger partial charge in [-0.25, -0.2) is 32.4 Å². The van der Waals surface area contributed by atoms with Gasteiger partial charge in [-0.15, -0.1) is 0 Å². The molecule has 3 rings (SSSR count). The maximum atomic E-state index is 13.7. The molecule has 210 valence electrons. The Balaban J connectivity index is 1.68. The molecule has 0 fully saturated rings. The number of esters is 1. The monoisotopic (exact) mass is 557 g/mol. The first-order chi connectivity index (χ1) is 18.2. The van der Waals surface area contributed by atoms with Gasteiger partial charge in [0.25, 0.3) is 5.75 Å². The number of carbonyl (C=O) groups is 3. The topological polar surface area (TPSA) is 119 Å². The average Bonchev–Trinajstić information content (AvgIpc) is 3.27. The first kappa shape index (κ1) is 29.2. The lowest BCUT2D eigenvalue weighted by atomic mass is 10.0. The minimum Gasteiger partial charge on any atom is -0.458 e. The van der Waals surface area contributed by atoms with Crippen LogP contribution in [0.3, 0.4) is 0 Å². The highest BCUT2D eigenvalue weighted by Crippen LogP contribution is 2.29. The molecule has 3 aromatic rings. The summed E-state index contributed by atoms with van der Waals surface area (Å²) in [6.45, 7) is 5.98. The quantitative estimate of drug-likeness (QED) is 0.0947. The summed E-state index contributed by atoms with van der Waals surface area (Å²) in [4.78, 5) is 48.8. The minimum atomic E-state index is -2.43. The molecule has 0 aliphatic rings. The molecule has 0 unspecified atom stereocenters. The molecule has 0 radical (unpaired) electrons. The predicted octanol–water partition coefficient (Wildman–Crippen LogP) is 4.34. The van der Waals surface area contributed by atoms with Crippen molar-refractivity contribution in [3.05, 3.63) is 65.1 Å². The van der Waals surface area contributed by atoms with Gasteiger partial charge in [-0.2, -0.15) is 8.78 Å². The van der Waals surface area contributed by atoms with Crippen LogP contribution >= 0.6 is 0 Å². The van der Waals surface area contributed by atoms with Crippen LogP contribution in [0.4, 0.5) is 26.7 Å². The molecule has 2 atom stereocenters. The van der Waals surface area contributed by atoms with Gasteiger partial charge in [0.05, 0.1) is 0 Å². The van der Waals surface area contributed by atoms with Gasteiger partial charge < -0.3 is 20.4 Å². The molecule has 3 N–H and O–H groups in total.